The van der Waals surface area contributed by atoms with Gasteiger partial charge in [0.1, 0.15) is 0 Å². The number of rotatable bonds is 3. The van der Waals surface area contributed by atoms with Gasteiger partial charge in [0.2, 0.25) is 0 Å². The van der Waals surface area contributed by atoms with Crippen molar-refractivity contribution < 1.29 is 0 Å². The maximum Gasteiger partial charge on any atom is 0.0598 e. The van der Waals surface area contributed by atoms with E-state index in [4.69, 9.17) is 0 Å². The predicted octanol–water partition coefficient (Wildman–Crippen LogP) is 2.79. The Morgan fingerprint density at radius 3 is 3.23 bits per heavy atom. The Bertz CT molecular complexity index is 245. The lowest BCUT2D eigenvalue weighted by Crippen LogP contribution is -2.14. The first-order valence-corrected chi connectivity index (χ1v) is 6.56. The fourth-order valence-electron chi connectivity index (χ4n) is 1.71. The van der Waals surface area contributed by atoms with Crippen LogP contribution in [0, 0.1) is 5.92 Å². The van der Waals surface area contributed by atoms with Crippen molar-refractivity contribution in [2.45, 2.75) is 10.6 Å². The summed E-state index contributed by atoms with van der Waals surface area (Å²) in [6.45, 7) is 2.58. The second-order valence-electron chi connectivity index (χ2n) is 3.66. The molecule has 0 radical (unpaired) electrons. The average molecular weight is 213 g/mol. The van der Waals surface area contributed by atoms with E-state index in [1.165, 1.54) is 29.5 Å². The van der Waals surface area contributed by atoms with Crippen molar-refractivity contribution in [3.63, 3.8) is 0 Å². The molecule has 1 unspecified atom stereocenters. The highest BCUT2D eigenvalue weighted by atomic mass is 32.2. The summed E-state index contributed by atoms with van der Waals surface area (Å²) in [5.41, 5.74) is 0. The number of thiophene rings is 1. The molecule has 0 N–H and O–H groups in total. The smallest absolute Gasteiger partial charge is 0.0598 e. The molecule has 0 aliphatic carbocycles. The van der Waals surface area contributed by atoms with Gasteiger partial charge in [-0.1, -0.05) is 6.07 Å². The molecule has 0 bridgehead atoms. The summed E-state index contributed by atoms with van der Waals surface area (Å²) in [4.78, 5) is 2.43. The molecule has 0 amide bonds. The zero-order valence-electron chi connectivity index (χ0n) is 7.90. The van der Waals surface area contributed by atoms with Gasteiger partial charge in [0.25, 0.3) is 0 Å². The summed E-state index contributed by atoms with van der Waals surface area (Å²) < 4.78 is 1.47. The number of nitrogens with zero attached hydrogens (tertiary/aromatic N) is 1. The fraction of sp³-hybridized carbons (Fsp3) is 0.600. The fourth-order valence-corrected chi connectivity index (χ4v) is 3.65. The lowest BCUT2D eigenvalue weighted by atomic mass is 10.2. The molecule has 1 aliphatic heterocycles. The summed E-state index contributed by atoms with van der Waals surface area (Å²) in [6, 6.07) is 4.35. The van der Waals surface area contributed by atoms with E-state index in [2.05, 4.69) is 29.5 Å². The molecule has 13 heavy (non-hydrogen) atoms. The molecular weight excluding hydrogens is 198 g/mol. The Balaban J connectivity index is 1.74. The highest BCUT2D eigenvalue weighted by Crippen LogP contribution is 2.28. The van der Waals surface area contributed by atoms with Gasteiger partial charge in [-0.2, -0.15) is 0 Å². The van der Waals surface area contributed by atoms with Crippen LogP contribution in [0.4, 0.5) is 0 Å². The van der Waals surface area contributed by atoms with Crippen LogP contribution in [0.1, 0.15) is 6.42 Å². The van der Waals surface area contributed by atoms with Gasteiger partial charge in [-0.3, -0.25) is 0 Å². The second-order valence-corrected chi connectivity index (χ2v) is 5.93. The molecule has 1 aliphatic rings. The highest BCUT2D eigenvalue weighted by Gasteiger charge is 2.19. The minimum Gasteiger partial charge on any atom is -0.306 e. The van der Waals surface area contributed by atoms with E-state index in [1.807, 2.05) is 23.1 Å². The average Bonchev–Trinajstić information content (AvgIpc) is 2.71. The van der Waals surface area contributed by atoms with Crippen molar-refractivity contribution in [2.75, 3.05) is 25.9 Å². The maximum absolute atomic E-state index is 2.43. The standard InChI is InChI=1S/C10H15NS2/c1-11-5-4-9(7-11)8-13-10-3-2-6-12-10/h2-3,6,9H,4-5,7-8H2,1H3. The van der Waals surface area contributed by atoms with Crippen LogP contribution in [0.25, 0.3) is 0 Å². The third-order valence-corrected chi connectivity index (χ3v) is 4.81. The van der Waals surface area contributed by atoms with Crippen LogP contribution < -0.4 is 0 Å². The van der Waals surface area contributed by atoms with Crippen LogP contribution in [0.2, 0.25) is 0 Å². The van der Waals surface area contributed by atoms with Crippen molar-refractivity contribution in [1.82, 2.24) is 4.90 Å². The summed E-state index contributed by atoms with van der Waals surface area (Å²) in [5, 5.41) is 2.16. The van der Waals surface area contributed by atoms with E-state index in [0.29, 0.717) is 0 Å². The molecular formula is C10H15NS2. The van der Waals surface area contributed by atoms with Gasteiger partial charge in [0.05, 0.1) is 4.21 Å². The second kappa shape index (κ2) is 4.49. The molecule has 3 heteroatoms. The third kappa shape index (κ3) is 2.73. The molecule has 1 atom stereocenters. The molecule has 0 spiro atoms. The van der Waals surface area contributed by atoms with E-state index in [0.717, 1.165) is 5.92 Å². The van der Waals surface area contributed by atoms with E-state index < -0.39 is 0 Å². The molecule has 1 saturated heterocycles. The quantitative estimate of drug-likeness (QED) is 0.710. The Morgan fingerprint density at radius 2 is 2.62 bits per heavy atom. The van der Waals surface area contributed by atoms with E-state index in [1.54, 1.807) is 0 Å². The molecule has 0 aromatic carbocycles. The Morgan fingerprint density at radius 1 is 1.69 bits per heavy atom. The van der Waals surface area contributed by atoms with Crippen molar-refractivity contribution in [3.8, 4) is 0 Å². The van der Waals surface area contributed by atoms with Gasteiger partial charge in [0, 0.05) is 12.3 Å². The van der Waals surface area contributed by atoms with Crippen LogP contribution in [0.3, 0.4) is 0 Å². The van der Waals surface area contributed by atoms with E-state index in [9.17, 15) is 0 Å². The van der Waals surface area contributed by atoms with Crippen LogP contribution >= 0.6 is 23.1 Å². The van der Waals surface area contributed by atoms with Crippen LogP contribution in [0.5, 0.6) is 0 Å². The molecule has 1 aromatic rings. The van der Waals surface area contributed by atoms with Gasteiger partial charge in [0.15, 0.2) is 0 Å². The van der Waals surface area contributed by atoms with E-state index in [-0.39, 0.29) is 0 Å². The van der Waals surface area contributed by atoms with E-state index >= 15 is 0 Å². The summed E-state index contributed by atoms with van der Waals surface area (Å²) >= 11 is 3.87. The molecule has 72 valence electrons. The normalized spacial score (nSPS) is 23.9. The number of likely N-dealkylation sites (tertiary alicyclic amines) is 1. The Kier molecular flexibility index (Phi) is 3.30. The topological polar surface area (TPSA) is 3.24 Å². The lowest BCUT2D eigenvalue weighted by molar-refractivity contribution is 0.403. The molecule has 1 fully saturated rings. The molecule has 2 rings (SSSR count). The predicted molar refractivity (Wildman–Crippen MR) is 60.6 cm³/mol. The zero-order chi connectivity index (χ0) is 9.10. The van der Waals surface area contributed by atoms with Crippen molar-refractivity contribution in [3.05, 3.63) is 17.5 Å². The number of thioether (sulfide) groups is 1. The first kappa shape index (κ1) is 9.56. The molecule has 1 nitrogen and oxygen atoms in total. The van der Waals surface area contributed by atoms with Gasteiger partial charge in [-0.15, -0.1) is 23.1 Å². The lowest BCUT2D eigenvalue weighted by Gasteiger charge is -2.08. The van der Waals surface area contributed by atoms with Gasteiger partial charge in [-0.25, -0.2) is 0 Å². The third-order valence-electron chi connectivity index (χ3n) is 2.45. The minimum atomic E-state index is 0.914. The Hall–Kier alpha value is 0.01000. The number of hydrogen-bond donors (Lipinski definition) is 0. The van der Waals surface area contributed by atoms with Crippen molar-refractivity contribution in [2.24, 2.45) is 5.92 Å². The summed E-state index contributed by atoms with van der Waals surface area (Å²) in [6.07, 6.45) is 1.38. The molecule has 0 saturated carbocycles. The van der Waals surface area contributed by atoms with Gasteiger partial charge >= 0.3 is 0 Å². The zero-order valence-corrected chi connectivity index (χ0v) is 9.53. The van der Waals surface area contributed by atoms with Crippen molar-refractivity contribution >= 4 is 23.1 Å². The SMILES string of the molecule is CN1CCC(CSc2cccs2)C1. The molecule has 1 aromatic heterocycles. The highest BCUT2D eigenvalue weighted by molar-refractivity contribution is 8.01. The summed E-state index contributed by atoms with van der Waals surface area (Å²) in [5.74, 6) is 2.21. The van der Waals surface area contributed by atoms with Crippen LogP contribution in [-0.4, -0.2) is 30.8 Å². The minimum absolute atomic E-state index is 0.914. The monoisotopic (exact) mass is 213 g/mol. The van der Waals surface area contributed by atoms with Crippen LogP contribution in [0.15, 0.2) is 21.7 Å². The van der Waals surface area contributed by atoms with Crippen LogP contribution in [-0.2, 0) is 0 Å². The maximum atomic E-state index is 2.43. The van der Waals surface area contributed by atoms with Crippen molar-refractivity contribution in [1.29, 1.82) is 0 Å². The first-order chi connectivity index (χ1) is 6.34. The summed E-state index contributed by atoms with van der Waals surface area (Å²) in [7, 11) is 2.22. The van der Waals surface area contributed by atoms with Gasteiger partial charge < -0.3 is 4.90 Å². The number of hydrogen-bond acceptors (Lipinski definition) is 3. The molecule has 2 heterocycles. The first-order valence-electron chi connectivity index (χ1n) is 4.69. The Labute approximate surface area is 88.1 Å². The largest absolute Gasteiger partial charge is 0.306 e. The van der Waals surface area contributed by atoms with Gasteiger partial charge in [-0.05, 0) is 37.4 Å².